The van der Waals surface area contributed by atoms with Gasteiger partial charge in [-0.2, -0.15) is 0 Å². The summed E-state index contributed by atoms with van der Waals surface area (Å²) in [5.41, 5.74) is 0. The van der Waals surface area contributed by atoms with Gasteiger partial charge in [-0.15, -0.1) is 0 Å². The maximum absolute atomic E-state index is 11.6. The second-order valence-corrected chi connectivity index (χ2v) is 8.38. The number of sulfone groups is 1. The number of hydrogen-bond donors (Lipinski definition) is 1. The highest BCUT2D eigenvalue weighted by Crippen LogP contribution is 2.32. The van der Waals surface area contributed by atoms with Crippen molar-refractivity contribution < 1.29 is 8.42 Å². The summed E-state index contributed by atoms with van der Waals surface area (Å²) < 4.78 is 23.3. The quantitative estimate of drug-likeness (QED) is 0.825. The molecule has 3 fully saturated rings. The largest absolute Gasteiger partial charge is 0.311 e. The van der Waals surface area contributed by atoms with Crippen molar-refractivity contribution in [3.63, 3.8) is 0 Å². The van der Waals surface area contributed by atoms with Crippen molar-refractivity contribution in [3.05, 3.63) is 0 Å². The average molecular weight is 272 g/mol. The van der Waals surface area contributed by atoms with Gasteiger partial charge in [0.05, 0.1) is 11.5 Å². The van der Waals surface area contributed by atoms with Crippen LogP contribution in [0.2, 0.25) is 0 Å². The minimum absolute atomic E-state index is 0.280. The Morgan fingerprint density at radius 1 is 1.11 bits per heavy atom. The molecule has 3 aliphatic heterocycles. The molecular weight excluding hydrogens is 248 g/mol. The molecule has 0 aliphatic carbocycles. The SMILES string of the molecule is CCN(C1CC2CCC(C1)N2)C1CCS(=O)(=O)C1. The first-order valence-electron chi connectivity index (χ1n) is 7.29. The van der Waals surface area contributed by atoms with Gasteiger partial charge in [0.1, 0.15) is 0 Å². The minimum Gasteiger partial charge on any atom is -0.311 e. The number of fused-ring (bicyclic) bond motifs is 2. The van der Waals surface area contributed by atoms with Crippen molar-refractivity contribution in [1.29, 1.82) is 0 Å². The fourth-order valence-corrected chi connectivity index (χ4v) is 5.89. The van der Waals surface area contributed by atoms with Crippen LogP contribution in [0.1, 0.15) is 39.0 Å². The Labute approximate surface area is 110 Å². The smallest absolute Gasteiger partial charge is 0.151 e. The Bertz CT molecular complexity index is 397. The summed E-state index contributed by atoms with van der Waals surface area (Å²) in [6.07, 6.45) is 5.88. The summed E-state index contributed by atoms with van der Waals surface area (Å²) >= 11 is 0. The number of rotatable bonds is 3. The molecule has 3 unspecified atom stereocenters. The van der Waals surface area contributed by atoms with E-state index in [9.17, 15) is 8.42 Å². The van der Waals surface area contributed by atoms with Crippen LogP contribution in [0.4, 0.5) is 0 Å². The van der Waals surface area contributed by atoms with Gasteiger partial charge >= 0.3 is 0 Å². The highest BCUT2D eigenvalue weighted by atomic mass is 32.2. The van der Waals surface area contributed by atoms with Crippen molar-refractivity contribution in [2.45, 2.75) is 63.2 Å². The molecule has 3 rings (SSSR count). The lowest BCUT2D eigenvalue weighted by molar-refractivity contribution is 0.110. The topological polar surface area (TPSA) is 49.4 Å². The molecule has 0 aromatic heterocycles. The molecule has 0 radical (unpaired) electrons. The third-order valence-electron chi connectivity index (χ3n) is 4.96. The van der Waals surface area contributed by atoms with Gasteiger partial charge in [0.2, 0.25) is 0 Å². The lowest BCUT2D eigenvalue weighted by Crippen LogP contribution is -2.51. The van der Waals surface area contributed by atoms with Gasteiger partial charge in [0.15, 0.2) is 9.84 Å². The Hall–Kier alpha value is -0.130. The highest BCUT2D eigenvalue weighted by Gasteiger charge is 2.40. The molecule has 2 bridgehead atoms. The van der Waals surface area contributed by atoms with Gasteiger partial charge in [-0.05, 0) is 38.6 Å². The van der Waals surface area contributed by atoms with Crippen LogP contribution in [0.5, 0.6) is 0 Å². The van der Waals surface area contributed by atoms with Crippen LogP contribution in [0.3, 0.4) is 0 Å². The zero-order valence-corrected chi connectivity index (χ0v) is 12.0. The molecular formula is C13H24N2O2S. The Kier molecular flexibility index (Phi) is 3.41. The predicted octanol–water partition coefficient (Wildman–Crippen LogP) is 0.778. The molecule has 0 aromatic carbocycles. The van der Waals surface area contributed by atoms with Crippen molar-refractivity contribution in [2.24, 2.45) is 0 Å². The standard InChI is InChI=1S/C13H24N2O2S/c1-2-15(12-5-6-18(16,17)9-12)13-7-10-3-4-11(8-13)14-10/h10-14H,2-9H2,1H3. The lowest BCUT2D eigenvalue weighted by Gasteiger charge is -2.40. The van der Waals surface area contributed by atoms with Gasteiger partial charge in [-0.1, -0.05) is 6.92 Å². The normalized spacial score (nSPS) is 42.6. The molecule has 0 aromatic rings. The second kappa shape index (κ2) is 4.76. The molecule has 5 heteroatoms. The maximum Gasteiger partial charge on any atom is 0.151 e. The molecule has 0 saturated carbocycles. The number of nitrogens with zero attached hydrogens (tertiary/aromatic N) is 1. The number of nitrogens with one attached hydrogen (secondary N) is 1. The summed E-state index contributed by atoms with van der Waals surface area (Å²) in [4.78, 5) is 2.48. The zero-order chi connectivity index (χ0) is 12.8. The van der Waals surface area contributed by atoms with Crippen LogP contribution in [0, 0.1) is 0 Å². The first-order valence-corrected chi connectivity index (χ1v) is 9.12. The van der Waals surface area contributed by atoms with E-state index in [2.05, 4.69) is 17.1 Å². The zero-order valence-electron chi connectivity index (χ0n) is 11.1. The average Bonchev–Trinajstić information content (AvgIpc) is 2.83. The van der Waals surface area contributed by atoms with Gasteiger partial charge < -0.3 is 5.32 Å². The van der Waals surface area contributed by atoms with Gasteiger partial charge in [-0.3, -0.25) is 4.90 Å². The third kappa shape index (κ3) is 2.45. The maximum atomic E-state index is 11.6. The van der Waals surface area contributed by atoms with Gasteiger partial charge in [0.25, 0.3) is 0 Å². The fourth-order valence-electron chi connectivity index (χ4n) is 4.15. The molecule has 18 heavy (non-hydrogen) atoms. The molecule has 0 spiro atoms. The second-order valence-electron chi connectivity index (χ2n) is 6.15. The molecule has 4 nitrogen and oxygen atoms in total. The fraction of sp³-hybridized carbons (Fsp3) is 1.00. The lowest BCUT2D eigenvalue weighted by atomic mass is 9.96. The molecule has 3 saturated heterocycles. The van der Waals surface area contributed by atoms with Crippen LogP contribution in [0.15, 0.2) is 0 Å². The highest BCUT2D eigenvalue weighted by molar-refractivity contribution is 7.91. The third-order valence-corrected chi connectivity index (χ3v) is 6.71. The summed E-state index contributed by atoms with van der Waals surface area (Å²) in [5.74, 6) is 0.784. The molecule has 104 valence electrons. The summed E-state index contributed by atoms with van der Waals surface area (Å²) in [6, 6.07) is 2.25. The molecule has 1 N–H and O–H groups in total. The van der Waals surface area contributed by atoms with Crippen LogP contribution >= 0.6 is 0 Å². The van der Waals surface area contributed by atoms with Gasteiger partial charge in [-0.25, -0.2) is 8.42 Å². The summed E-state index contributed by atoms with van der Waals surface area (Å²) in [5, 5.41) is 3.66. The van der Waals surface area contributed by atoms with E-state index in [-0.39, 0.29) is 6.04 Å². The van der Waals surface area contributed by atoms with E-state index in [1.165, 1.54) is 25.7 Å². The molecule has 3 atom stereocenters. The Balaban J connectivity index is 1.69. The van der Waals surface area contributed by atoms with Gasteiger partial charge in [0, 0.05) is 24.2 Å². The van der Waals surface area contributed by atoms with Crippen LogP contribution in [0.25, 0.3) is 0 Å². The molecule has 3 heterocycles. The van der Waals surface area contributed by atoms with E-state index in [4.69, 9.17) is 0 Å². The summed E-state index contributed by atoms with van der Waals surface area (Å²) in [7, 11) is -2.76. The predicted molar refractivity (Wildman–Crippen MR) is 72.4 cm³/mol. The molecule has 3 aliphatic rings. The van der Waals surface area contributed by atoms with E-state index in [1.807, 2.05) is 0 Å². The van der Waals surface area contributed by atoms with Crippen molar-refractivity contribution in [1.82, 2.24) is 10.2 Å². The Morgan fingerprint density at radius 2 is 1.78 bits per heavy atom. The monoisotopic (exact) mass is 272 g/mol. The van der Waals surface area contributed by atoms with Crippen LogP contribution in [-0.4, -0.2) is 55.5 Å². The van der Waals surface area contributed by atoms with Crippen molar-refractivity contribution in [3.8, 4) is 0 Å². The van der Waals surface area contributed by atoms with Crippen molar-refractivity contribution >= 4 is 9.84 Å². The van der Waals surface area contributed by atoms with Crippen LogP contribution < -0.4 is 5.32 Å². The van der Waals surface area contributed by atoms with E-state index < -0.39 is 9.84 Å². The Morgan fingerprint density at radius 3 is 2.28 bits per heavy atom. The first kappa shape index (κ1) is 12.9. The van der Waals surface area contributed by atoms with E-state index in [0.29, 0.717) is 29.6 Å². The van der Waals surface area contributed by atoms with E-state index in [0.717, 1.165) is 13.0 Å². The number of piperidine rings is 1. The first-order chi connectivity index (χ1) is 8.57. The molecule has 0 amide bonds. The summed E-state index contributed by atoms with van der Waals surface area (Å²) in [6.45, 7) is 3.17. The van der Waals surface area contributed by atoms with E-state index >= 15 is 0 Å². The van der Waals surface area contributed by atoms with Crippen LogP contribution in [-0.2, 0) is 9.84 Å². The van der Waals surface area contributed by atoms with Crippen molar-refractivity contribution in [2.75, 3.05) is 18.1 Å². The number of hydrogen-bond acceptors (Lipinski definition) is 4. The minimum atomic E-state index is -2.76. The van der Waals surface area contributed by atoms with E-state index in [1.54, 1.807) is 0 Å².